The molecule has 0 saturated heterocycles. The van der Waals surface area contributed by atoms with Crippen LogP contribution in [-0.4, -0.2) is 24.9 Å². The van der Waals surface area contributed by atoms with Crippen LogP contribution >= 0.6 is 0 Å². The predicted molar refractivity (Wildman–Crippen MR) is 114 cm³/mol. The van der Waals surface area contributed by atoms with Gasteiger partial charge in [0.2, 0.25) is 11.8 Å². The lowest BCUT2D eigenvalue weighted by Gasteiger charge is -2.20. The molecular formula is C23H28N2O4. The van der Waals surface area contributed by atoms with E-state index in [-0.39, 0.29) is 24.2 Å². The summed E-state index contributed by atoms with van der Waals surface area (Å²) in [6.07, 6.45) is -0.303. The first kappa shape index (κ1) is 22.1. The van der Waals surface area contributed by atoms with Crippen LogP contribution in [0.4, 0.5) is 11.4 Å². The van der Waals surface area contributed by atoms with Gasteiger partial charge in [-0.15, -0.1) is 0 Å². The van der Waals surface area contributed by atoms with E-state index in [0.29, 0.717) is 11.3 Å². The zero-order chi connectivity index (χ0) is 21.6. The second kappa shape index (κ2) is 9.87. The van der Waals surface area contributed by atoms with E-state index in [4.69, 9.17) is 0 Å². The van der Waals surface area contributed by atoms with Gasteiger partial charge in [-0.05, 0) is 47.2 Å². The van der Waals surface area contributed by atoms with Crippen molar-refractivity contribution < 1.29 is 19.1 Å². The number of hydrogen-bond acceptors (Lipinski definition) is 4. The van der Waals surface area contributed by atoms with Crippen molar-refractivity contribution in [2.45, 2.75) is 46.0 Å². The van der Waals surface area contributed by atoms with E-state index in [9.17, 15) is 14.4 Å². The van der Waals surface area contributed by atoms with Crippen LogP contribution in [0.2, 0.25) is 0 Å². The lowest BCUT2D eigenvalue weighted by molar-refractivity contribution is -0.123. The fraction of sp³-hybridized carbons (Fsp3) is 0.348. The first-order chi connectivity index (χ1) is 13.7. The van der Waals surface area contributed by atoms with E-state index >= 15 is 0 Å². The number of amides is 2. The van der Waals surface area contributed by atoms with E-state index in [1.54, 1.807) is 24.3 Å². The minimum absolute atomic E-state index is 0.242. The summed E-state index contributed by atoms with van der Waals surface area (Å²) in [6, 6.07) is 12.3. The molecule has 6 nitrogen and oxygen atoms in total. The number of carbonyl (C=O) groups excluding carboxylic acids is 3. The third-order valence-corrected chi connectivity index (χ3v) is 4.55. The number of carbonyl (C=O) groups is 3. The maximum atomic E-state index is 12.5. The molecule has 0 unspecified atom stereocenters. The number of nitrogens with one attached hydrogen (secondary N) is 2. The monoisotopic (exact) mass is 396 g/mol. The molecule has 0 aliphatic rings. The van der Waals surface area contributed by atoms with Gasteiger partial charge >= 0.3 is 5.97 Å². The van der Waals surface area contributed by atoms with Gasteiger partial charge in [0.25, 0.3) is 0 Å². The van der Waals surface area contributed by atoms with Gasteiger partial charge in [-0.2, -0.15) is 0 Å². The molecule has 0 saturated carbocycles. The van der Waals surface area contributed by atoms with Crippen molar-refractivity contribution in [1.82, 2.24) is 0 Å². The van der Waals surface area contributed by atoms with Gasteiger partial charge < -0.3 is 15.4 Å². The van der Waals surface area contributed by atoms with Gasteiger partial charge in [-0.25, -0.2) is 4.79 Å². The second-order valence-electron chi connectivity index (χ2n) is 7.46. The number of methoxy groups -OCH3 is 1. The normalized spacial score (nSPS) is 10.7. The first-order valence-corrected chi connectivity index (χ1v) is 9.63. The number of benzene rings is 2. The molecule has 2 aromatic rings. The first-order valence-electron chi connectivity index (χ1n) is 9.63. The highest BCUT2D eigenvalue weighted by atomic mass is 16.5. The van der Waals surface area contributed by atoms with Crippen LogP contribution in [0, 0.1) is 0 Å². The molecular weight excluding hydrogens is 368 g/mol. The summed E-state index contributed by atoms with van der Waals surface area (Å²) in [5.41, 5.74) is 3.76. The Morgan fingerprint density at radius 2 is 1.34 bits per heavy atom. The van der Waals surface area contributed by atoms with Gasteiger partial charge in [0, 0.05) is 11.4 Å². The summed E-state index contributed by atoms with van der Waals surface area (Å²) < 4.78 is 4.64. The lowest BCUT2D eigenvalue weighted by Crippen LogP contribution is -2.23. The van der Waals surface area contributed by atoms with Crippen molar-refractivity contribution in [2.24, 2.45) is 0 Å². The highest BCUT2D eigenvalue weighted by Crippen LogP contribution is 2.32. The van der Waals surface area contributed by atoms with Crippen LogP contribution < -0.4 is 10.6 Å². The topological polar surface area (TPSA) is 84.5 Å². The summed E-state index contributed by atoms with van der Waals surface area (Å²) in [5.74, 6) is -0.769. The Morgan fingerprint density at radius 3 is 1.83 bits per heavy atom. The van der Waals surface area contributed by atoms with Crippen LogP contribution in [0.3, 0.4) is 0 Å². The third kappa shape index (κ3) is 5.91. The Morgan fingerprint density at radius 1 is 0.828 bits per heavy atom. The third-order valence-electron chi connectivity index (χ3n) is 4.55. The molecule has 6 heteroatoms. The molecule has 2 N–H and O–H groups in total. The van der Waals surface area contributed by atoms with Crippen molar-refractivity contribution in [2.75, 3.05) is 17.7 Å². The number of anilines is 2. The number of esters is 1. The van der Waals surface area contributed by atoms with Crippen molar-refractivity contribution in [3.8, 4) is 0 Å². The van der Waals surface area contributed by atoms with E-state index < -0.39 is 11.9 Å². The summed E-state index contributed by atoms with van der Waals surface area (Å²) in [6.45, 7) is 8.28. The van der Waals surface area contributed by atoms with Crippen LogP contribution in [0.1, 0.15) is 67.4 Å². The Bertz CT molecular complexity index is 860. The molecule has 29 heavy (non-hydrogen) atoms. The number of rotatable bonds is 7. The second-order valence-corrected chi connectivity index (χ2v) is 7.46. The van der Waals surface area contributed by atoms with Gasteiger partial charge in [0.15, 0.2) is 0 Å². The quantitative estimate of drug-likeness (QED) is 0.525. The Labute approximate surface area is 171 Å². The molecule has 2 amide bonds. The van der Waals surface area contributed by atoms with Gasteiger partial charge in [0.05, 0.1) is 12.7 Å². The molecule has 0 aromatic heterocycles. The van der Waals surface area contributed by atoms with Crippen LogP contribution in [0.25, 0.3) is 0 Å². The molecule has 2 rings (SSSR count). The highest BCUT2D eigenvalue weighted by molar-refractivity contribution is 6.08. The summed E-state index contributed by atoms with van der Waals surface area (Å²) in [7, 11) is 1.30. The smallest absolute Gasteiger partial charge is 0.337 e. The van der Waals surface area contributed by atoms with Crippen molar-refractivity contribution in [3.63, 3.8) is 0 Å². The van der Waals surface area contributed by atoms with E-state index in [2.05, 4.69) is 43.1 Å². The number of hydrogen-bond donors (Lipinski definition) is 2. The zero-order valence-corrected chi connectivity index (χ0v) is 17.5. The van der Waals surface area contributed by atoms with Gasteiger partial charge in [-0.1, -0.05) is 45.9 Å². The average Bonchev–Trinajstić information content (AvgIpc) is 2.67. The van der Waals surface area contributed by atoms with Crippen molar-refractivity contribution >= 4 is 29.2 Å². The maximum Gasteiger partial charge on any atom is 0.337 e. The molecule has 2 aromatic carbocycles. The summed E-state index contributed by atoms with van der Waals surface area (Å²) >= 11 is 0. The average molecular weight is 396 g/mol. The number of ether oxygens (including phenoxy) is 1. The molecule has 0 heterocycles. The van der Waals surface area contributed by atoms with E-state index in [1.165, 1.54) is 7.11 Å². The van der Waals surface area contributed by atoms with Crippen LogP contribution in [0.5, 0.6) is 0 Å². The predicted octanol–water partition coefficient (Wildman–Crippen LogP) is 4.69. The van der Waals surface area contributed by atoms with Crippen LogP contribution in [0.15, 0.2) is 42.5 Å². The zero-order valence-electron chi connectivity index (χ0n) is 17.5. The molecule has 0 bridgehead atoms. The van der Waals surface area contributed by atoms with Crippen molar-refractivity contribution in [1.29, 1.82) is 0 Å². The van der Waals surface area contributed by atoms with Crippen molar-refractivity contribution in [3.05, 3.63) is 59.2 Å². The molecule has 0 atom stereocenters. The summed E-state index contributed by atoms with van der Waals surface area (Å²) in [4.78, 5) is 36.2. The molecule has 0 fully saturated rings. The molecule has 0 radical (unpaired) electrons. The van der Waals surface area contributed by atoms with E-state index in [1.807, 2.05) is 18.2 Å². The fourth-order valence-electron chi connectivity index (χ4n) is 3.04. The Hall–Kier alpha value is -3.15. The van der Waals surface area contributed by atoms with Gasteiger partial charge in [0.1, 0.15) is 6.42 Å². The molecule has 0 aliphatic heterocycles. The lowest BCUT2D eigenvalue weighted by atomic mass is 9.92. The van der Waals surface area contributed by atoms with Gasteiger partial charge in [-0.3, -0.25) is 9.59 Å². The Balaban J connectivity index is 2.06. The van der Waals surface area contributed by atoms with Crippen LogP contribution in [-0.2, 0) is 14.3 Å². The van der Waals surface area contributed by atoms with E-state index in [0.717, 1.165) is 16.8 Å². The number of para-hydroxylation sites is 1. The maximum absolute atomic E-state index is 12.5. The molecule has 0 spiro atoms. The largest absolute Gasteiger partial charge is 0.465 e. The summed E-state index contributed by atoms with van der Waals surface area (Å²) in [5, 5.41) is 5.59. The highest BCUT2D eigenvalue weighted by Gasteiger charge is 2.17. The SMILES string of the molecule is COC(=O)c1ccc(NC(=O)CC(=O)Nc2c(C(C)C)cccc2C(C)C)cc1. The Kier molecular flexibility index (Phi) is 7.53. The minimum Gasteiger partial charge on any atom is -0.465 e. The molecule has 154 valence electrons. The standard InChI is InChI=1S/C23H28N2O4/c1-14(2)18-7-6-8-19(15(3)4)22(18)25-21(27)13-20(26)24-17-11-9-16(10-12-17)23(28)29-5/h6-12,14-15H,13H2,1-5H3,(H,24,26)(H,25,27). The minimum atomic E-state index is -0.452. The fourth-order valence-corrected chi connectivity index (χ4v) is 3.04. The molecule has 0 aliphatic carbocycles.